The first-order valence-corrected chi connectivity index (χ1v) is 4.28. The zero-order valence-electron chi connectivity index (χ0n) is 7.15. The summed E-state index contributed by atoms with van der Waals surface area (Å²) >= 11 is 0. The monoisotopic (exact) mass is 154 g/mol. The van der Waals surface area contributed by atoms with Gasteiger partial charge < -0.3 is 5.32 Å². The van der Waals surface area contributed by atoms with Gasteiger partial charge in [-0.2, -0.15) is 0 Å². The third-order valence-corrected chi connectivity index (χ3v) is 2.74. The molecule has 1 heterocycles. The van der Waals surface area contributed by atoms with Gasteiger partial charge in [0.2, 0.25) is 0 Å². The van der Waals surface area contributed by atoms with E-state index in [-0.39, 0.29) is 5.41 Å². The van der Waals surface area contributed by atoms with Crippen LogP contribution in [-0.4, -0.2) is 18.9 Å². The summed E-state index contributed by atoms with van der Waals surface area (Å²) in [6.45, 7) is 7.58. The van der Waals surface area contributed by atoms with Crippen molar-refractivity contribution >= 4 is 5.78 Å². The zero-order valence-corrected chi connectivity index (χ0v) is 7.15. The molecule has 0 aromatic carbocycles. The maximum Gasteiger partial charge on any atom is 0.141 e. The highest BCUT2D eigenvalue weighted by atomic mass is 16.1. The Labute approximate surface area is 68.4 Å². The molecule has 0 aromatic rings. The van der Waals surface area contributed by atoms with Crippen LogP contribution in [0, 0.1) is 12.3 Å². The Balaban J connectivity index is 2.69. The normalized spacial score (nSPS) is 23.6. The number of hydrogen-bond donors (Lipinski definition) is 1. The first-order chi connectivity index (χ1) is 5.25. The van der Waals surface area contributed by atoms with E-state index in [1.54, 1.807) is 0 Å². The molecular formula is C9H16NO. The van der Waals surface area contributed by atoms with E-state index in [0.717, 1.165) is 25.9 Å². The molecule has 1 rings (SSSR count). The molecule has 1 saturated heterocycles. The Hall–Kier alpha value is -0.370. The van der Waals surface area contributed by atoms with Gasteiger partial charge in [-0.3, -0.25) is 4.79 Å². The van der Waals surface area contributed by atoms with E-state index in [2.05, 4.69) is 19.2 Å². The molecule has 0 amide bonds. The van der Waals surface area contributed by atoms with Gasteiger partial charge in [-0.1, -0.05) is 13.8 Å². The van der Waals surface area contributed by atoms with Crippen LogP contribution in [0.3, 0.4) is 0 Å². The Morgan fingerprint density at radius 2 is 2.45 bits per heavy atom. The fourth-order valence-corrected chi connectivity index (χ4v) is 1.62. The number of rotatable bonds is 2. The van der Waals surface area contributed by atoms with E-state index in [0.29, 0.717) is 12.2 Å². The molecule has 63 valence electrons. The first kappa shape index (κ1) is 8.72. The van der Waals surface area contributed by atoms with Gasteiger partial charge in [0.15, 0.2) is 0 Å². The predicted molar refractivity (Wildman–Crippen MR) is 45.2 cm³/mol. The molecule has 1 unspecified atom stereocenters. The topological polar surface area (TPSA) is 29.1 Å². The Morgan fingerprint density at radius 1 is 1.73 bits per heavy atom. The van der Waals surface area contributed by atoms with Crippen molar-refractivity contribution in [1.82, 2.24) is 5.32 Å². The second kappa shape index (κ2) is 3.35. The predicted octanol–water partition coefficient (Wildman–Crippen LogP) is 1.17. The highest BCUT2D eigenvalue weighted by molar-refractivity contribution is 5.86. The standard InChI is InChI=1S/C9H16NO/c1-3-9(4-2)7-10-6-5-8(9)11/h10H,1,3-7H2,2H3. The molecule has 2 nitrogen and oxygen atoms in total. The number of piperidine rings is 1. The van der Waals surface area contributed by atoms with Crippen LogP contribution in [0.4, 0.5) is 0 Å². The van der Waals surface area contributed by atoms with Gasteiger partial charge >= 0.3 is 0 Å². The lowest BCUT2D eigenvalue weighted by Crippen LogP contribution is -2.46. The summed E-state index contributed by atoms with van der Waals surface area (Å²) in [6, 6.07) is 0. The van der Waals surface area contributed by atoms with Crippen molar-refractivity contribution in [3.8, 4) is 0 Å². The van der Waals surface area contributed by atoms with Crippen molar-refractivity contribution in [2.45, 2.75) is 26.2 Å². The van der Waals surface area contributed by atoms with Crippen molar-refractivity contribution in [3.05, 3.63) is 6.92 Å². The van der Waals surface area contributed by atoms with Gasteiger partial charge in [0, 0.05) is 24.9 Å². The number of carbonyl (C=O) groups is 1. The summed E-state index contributed by atoms with van der Waals surface area (Å²) in [7, 11) is 0. The number of hydrogen-bond acceptors (Lipinski definition) is 2. The highest BCUT2D eigenvalue weighted by Crippen LogP contribution is 2.29. The summed E-state index contributed by atoms with van der Waals surface area (Å²) in [5, 5.41) is 3.25. The summed E-state index contributed by atoms with van der Waals surface area (Å²) < 4.78 is 0. The van der Waals surface area contributed by atoms with Crippen LogP contribution in [0.15, 0.2) is 0 Å². The molecule has 1 fully saturated rings. The van der Waals surface area contributed by atoms with Crippen LogP contribution in [0.25, 0.3) is 0 Å². The average molecular weight is 154 g/mol. The van der Waals surface area contributed by atoms with E-state index in [9.17, 15) is 4.79 Å². The van der Waals surface area contributed by atoms with Crippen molar-refractivity contribution < 1.29 is 4.79 Å². The molecule has 1 aliphatic rings. The number of ketones is 1. The van der Waals surface area contributed by atoms with Crippen molar-refractivity contribution in [2.75, 3.05) is 13.1 Å². The summed E-state index contributed by atoms with van der Waals surface area (Å²) in [5.41, 5.74) is -0.141. The van der Waals surface area contributed by atoms with Crippen LogP contribution >= 0.6 is 0 Å². The molecule has 0 aliphatic carbocycles. The molecule has 0 spiro atoms. The van der Waals surface area contributed by atoms with Crippen molar-refractivity contribution in [3.63, 3.8) is 0 Å². The van der Waals surface area contributed by atoms with E-state index in [1.165, 1.54) is 0 Å². The molecule has 1 radical (unpaired) electrons. The molecule has 1 aliphatic heterocycles. The maximum absolute atomic E-state index is 11.5. The van der Waals surface area contributed by atoms with Crippen LogP contribution < -0.4 is 5.32 Å². The summed E-state index contributed by atoms with van der Waals surface area (Å²) in [4.78, 5) is 11.5. The number of nitrogens with one attached hydrogen (secondary N) is 1. The Bertz CT molecular complexity index is 150. The minimum Gasteiger partial charge on any atom is -0.315 e. The lowest BCUT2D eigenvalue weighted by Gasteiger charge is -2.34. The van der Waals surface area contributed by atoms with Crippen LogP contribution in [0.1, 0.15) is 26.2 Å². The van der Waals surface area contributed by atoms with Gasteiger partial charge in [-0.15, -0.1) is 0 Å². The molecule has 2 heteroatoms. The van der Waals surface area contributed by atoms with E-state index >= 15 is 0 Å². The molecule has 0 aromatic heterocycles. The summed E-state index contributed by atoms with van der Waals surface area (Å²) in [6.07, 6.45) is 2.33. The van der Waals surface area contributed by atoms with Crippen LogP contribution in [0.5, 0.6) is 0 Å². The quantitative estimate of drug-likeness (QED) is 0.647. The second-order valence-electron chi connectivity index (χ2n) is 3.23. The highest BCUT2D eigenvalue weighted by Gasteiger charge is 2.35. The fraction of sp³-hybridized carbons (Fsp3) is 0.778. The van der Waals surface area contributed by atoms with E-state index in [4.69, 9.17) is 0 Å². The summed E-state index contributed by atoms with van der Waals surface area (Å²) in [5.74, 6) is 0.397. The van der Waals surface area contributed by atoms with Gasteiger partial charge in [-0.25, -0.2) is 0 Å². The maximum atomic E-state index is 11.5. The largest absolute Gasteiger partial charge is 0.315 e. The number of Topliss-reactive ketones (excluding diaryl/α,β-unsaturated/α-hetero) is 1. The average Bonchev–Trinajstić information content (AvgIpc) is 2.06. The lowest BCUT2D eigenvalue weighted by atomic mass is 9.75. The van der Waals surface area contributed by atoms with Gasteiger partial charge in [0.05, 0.1) is 0 Å². The first-order valence-electron chi connectivity index (χ1n) is 4.28. The minimum atomic E-state index is -0.141. The fourth-order valence-electron chi connectivity index (χ4n) is 1.62. The molecule has 1 atom stereocenters. The van der Waals surface area contributed by atoms with Crippen LogP contribution in [-0.2, 0) is 4.79 Å². The van der Waals surface area contributed by atoms with E-state index in [1.807, 2.05) is 0 Å². The van der Waals surface area contributed by atoms with Gasteiger partial charge in [-0.05, 0) is 12.8 Å². The SMILES string of the molecule is [CH2]CC1(CC)CNCCC1=O. The molecule has 11 heavy (non-hydrogen) atoms. The van der Waals surface area contributed by atoms with Crippen molar-refractivity contribution in [2.24, 2.45) is 5.41 Å². The van der Waals surface area contributed by atoms with Crippen LogP contribution in [0.2, 0.25) is 0 Å². The molecule has 0 saturated carbocycles. The molecule has 1 N–H and O–H groups in total. The second-order valence-corrected chi connectivity index (χ2v) is 3.23. The Kier molecular flexibility index (Phi) is 2.66. The number of carbonyl (C=O) groups excluding carboxylic acids is 1. The molecule has 0 bridgehead atoms. The zero-order chi connectivity index (χ0) is 8.32. The van der Waals surface area contributed by atoms with Crippen molar-refractivity contribution in [1.29, 1.82) is 0 Å². The smallest absolute Gasteiger partial charge is 0.141 e. The lowest BCUT2D eigenvalue weighted by molar-refractivity contribution is -0.130. The Morgan fingerprint density at radius 3 is 2.82 bits per heavy atom. The van der Waals surface area contributed by atoms with Gasteiger partial charge in [0.25, 0.3) is 0 Å². The van der Waals surface area contributed by atoms with Gasteiger partial charge in [0.1, 0.15) is 5.78 Å². The molecular weight excluding hydrogens is 138 g/mol. The minimum absolute atomic E-state index is 0.141. The third kappa shape index (κ3) is 1.45. The third-order valence-electron chi connectivity index (χ3n) is 2.74. The van der Waals surface area contributed by atoms with E-state index < -0.39 is 0 Å².